The average Bonchev–Trinajstić information content (AvgIpc) is 2.24. The molecule has 0 aromatic heterocycles. The Hall–Kier alpha value is -1.64. The Morgan fingerprint density at radius 3 is 2.47 bits per heavy atom. The Labute approximate surface area is 102 Å². The van der Waals surface area contributed by atoms with Crippen LogP contribution in [0, 0.1) is 12.3 Å². The van der Waals surface area contributed by atoms with Crippen LogP contribution in [0.2, 0.25) is 0 Å². The fraction of sp³-hybridized carbons (Fsp3) is 0.429. The van der Waals surface area contributed by atoms with Crippen LogP contribution in [-0.4, -0.2) is 11.7 Å². The third-order valence-corrected chi connectivity index (χ3v) is 2.31. The van der Waals surface area contributed by atoms with Gasteiger partial charge in [-0.2, -0.15) is 0 Å². The van der Waals surface area contributed by atoms with Gasteiger partial charge in [0.25, 0.3) is 0 Å². The molecule has 0 heterocycles. The maximum absolute atomic E-state index is 11.5. The third kappa shape index (κ3) is 4.02. The Morgan fingerprint density at radius 1 is 1.29 bits per heavy atom. The lowest BCUT2D eigenvalue weighted by atomic mass is 9.98. The minimum atomic E-state index is -0.531. The predicted molar refractivity (Wildman–Crippen MR) is 68.9 cm³/mol. The molecule has 0 radical (unpaired) electrons. The van der Waals surface area contributed by atoms with Crippen molar-refractivity contribution < 1.29 is 9.63 Å². The van der Waals surface area contributed by atoms with Crippen molar-refractivity contribution in [1.82, 2.24) is 0 Å². The van der Waals surface area contributed by atoms with Crippen LogP contribution in [-0.2, 0) is 9.63 Å². The summed E-state index contributed by atoms with van der Waals surface area (Å²) in [5.74, 6) is -0.329. The van der Waals surface area contributed by atoms with Gasteiger partial charge in [0.1, 0.15) is 0 Å². The lowest BCUT2D eigenvalue weighted by Gasteiger charge is -2.13. The maximum Gasteiger partial charge on any atom is 0.340 e. The first-order valence-corrected chi connectivity index (χ1v) is 5.64. The van der Waals surface area contributed by atoms with Crippen molar-refractivity contribution >= 4 is 11.7 Å². The van der Waals surface area contributed by atoms with E-state index in [4.69, 9.17) is 4.84 Å². The highest BCUT2D eigenvalue weighted by Crippen LogP contribution is 2.15. The Morgan fingerprint density at radius 2 is 1.94 bits per heavy atom. The number of nitrogens with zero attached hydrogens (tertiary/aromatic N) is 1. The van der Waals surface area contributed by atoms with Crippen LogP contribution in [0.25, 0.3) is 0 Å². The Balaban J connectivity index is 2.77. The smallest absolute Gasteiger partial charge is 0.317 e. The Bertz CT molecular complexity index is 442. The van der Waals surface area contributed by atoms with Gasteiger partial charge in [0, 0.05) is 0 Å². The van der Waals surface area contributed by atoms with Crippen LogP contribution in [0.5, 0.6) is 0 Å². The monoisotopic (exact) mass is 233 g/mol. The van der Waals surface area contributed by atoms with Crippen LogP contribution < -0.4 is 0 Å². The molecule has 0 unspecified atom stereocenters. The molecular formula is C14H19NO2. The second-order valence-corrected chi connectivity index (χ2v) is 5.17. The SMILES string of the molecule is C/C(=N\OC(=O)C(C)(C)C)c1cccc(C)c1. The van der Waals surface area contributed by atoms with Crippen molar-refractivity contribution in [3.05, 3.63) is 35.4 Å². The van der Waals surface area contributed by atoms with Crippen molar-refractivity contribution in [2.24, 2.45) is 10.6 Å². The molecule has 0 aliphatic heterocycles. The van der Waals surface area contributed by atoms with E-state index in [1.165, 1.54) is 0 Å². The van der Waals surface area contributed by atoms with Gasteiger partial charge in [-0.3, -0.25) is 0 Å². The average molecular weight is 233 g/mol. The molecule has 1 aromatic carbocycles. The summed E-state index contributed by atoms with van der Waals surface area (Å²) in [4.78, 5) is 16.4. The highest BCUT2D eigenvalue weighted by molar-refractivity contribution is 5.98. The van der Waals surface area contributed by atoms with Gasteiger partial charge in [0.2, 0.25) is 0 Å². The van der Waals surface area contributed by atoms with Gasteiger partial charge >= 0.3 is 5.97 Å². The molecule has 0 atom stereocenters. The van der Waals surface area contributed by atoms with Gasteiger partial charge < -0.3 is 4.84 Å². The van der Waals surface area contributed by atoms with Crippen molar-refractivity contribution in [3.63, 3.8) is 0 Å². The highest BCUT2D eigenvalue weighted by atomic mass is 16.7. The van der Waals surface area contributed by atoms with E-state index in [0.29, 0.717) is 5.71 Å². The summed E-state index contributed by atoms with van der Waals surface area (Å²) in [5.41, 5.74) is 2.29. The summed E-state index contributed by atoms with van der Waals surface area (Å²) >= 11 is 0. The lowest BCUT2D eigenvalue weighted by Crippen LogP contribution is -2.21. The van der Waals surface area contributed by atoms with Crippen LogP contribution in [0.1, 0.15) is 38.8 Å². The molecule has 0 saturated carbocycles. The number of hydrogen-bond acceptors (Lipinski definition) is 3. The van der Waals surface area contributed by atoms with Gasteiger partial charge in [-0.25, -0.2) is 4.79 Å². The van der Waals surface area contributed by atoms with Crippen LogP contribution in [0.3, 0.4) is 0 Å². The molecule has 0 spiro atoms. The van der Waals surface area contributed by atoms with E-state index in [0.717, 1.165) is 11.1 Å². The molecule has 92 valence electrons. The van der Waals surface area contributed by atoms with Crippen LogP contribution >= 0.6 is 0 Å². The van der Waals surface area contributed by atoms with Gasteiger partial charge in [0.05, 0.1) is 11.1 Å². The second kappa shape index (κ2) is 5.13. The summed E-state index contributed by atoms with van der Waals surface area (Å²) in [6.45, 7) is 9.23. The molecule has 0 saturated heterocycles. The number of hydrogen-bond donors (Lipinski definition) is 0. The number of carbonyl (C=O) groups excluding carboxylic acids is 1. The Kier molecular flexibility index (Phi) is 4.05. The molecule has 3 nitrogen and oxygen atoms in total. The predicted octanol–water partition coefficient (Wildman–Crippen LogP) is 3.31. The van der Waals surface area contributed by atoms with Gasteiger partial charge in [-0.15, -0.1) is 0 Å². The summed E-state index contributed by atoms with van der Waals surface area (Å²) < 4.78 is 0. The first-order valence-electron chi connectivity index (χ1n) is 5.64. The van der Waals surface area contributed by atoms with E-state index in [2.05, 4.69) is 5.16 Å². The fourth-order valence-electron chi connectivity index (χ4n) is 1.17. The van der Waals surface area contributed by atoms with E-state index in [1.54, 1.807) is 20.8 Å². The molecule has 0 amide bonds. The normalized spacial score (nSPS) is 12.4. The molecule has 0 N–H and O–H groups in total. The number of oxime groups is 1. The molecule has 3 heteroatoms. The molecule has 17 heavy (non-hydrogen) atoms. The van der Waals surface area contributed by atoms with Gasteiger partial charge in [-0.05, 0) is 40.2 Å². The summed E-state index contributed by atoms with van der Waals surface area (Å²) in [7, 11) is 0. The second-order valence-electron chi connectivity index (χ2n) is 5.17. The summed E-state index contributed by atoms with van der Waals surface area (Å²) in [5, 5.41) is 3.87. The summed E-state index contributed by atoms with van der Waals surface area (Å²) in [6.07, 6.45) is 0. The lowest BCUT2D eigenvalue weighted by molar-refractivity contribution is -0.152. The fourth-order valence-corrected chi connectivity index (χ4v) is 1.17. The number of carbonyl (C=O) groups is 1. The van der Waals surface area contributed by atoms with Gasteiger partial charge in [-0.1, -0.05) is 35.0 Å². The van der Waals surface area contributed by atoms with Crippen LogP contribution in [0.4, 0.5) is 0 Å². The molecule has 0 fully saturated rings. The number of rotatable bonds is 2. The first-order chi connectivity index (χ1) is 7.80. The van der Waals surface area contributed by atoms with E-state index in [-0.39, 0.29) is 5.97 Å². The molecule has 0 aliphatic rings. The first kappa shape index (κ1) is 13.4. The standard InChI is InChI=1S/C14H19NO2/c1-10-7-6-8-12(9-10)11(2)15-17-13(16)14(3,4)5/h6-9H,1-5H3/b15-11+. The zero-order chi connectivity index (χ0) is 13.1. The maximum atomic E-state index is 11.5. The van der Waals surface area contributed by atoms with E-state index >= 15 is 0 Å². The zero-order valence-corrected chi connectivity index (χ0v) is 11.1. The van der Waals surface area contributed by atoms with Crippen LogP contribution in [0.15, 0.2) is 29.4 Å². The van der Waals surface area contributed by atoms with E-state index < -0.39 is 5.41 Å². The minimum Gasteiger partial charge on any atom is -0.317 e. The third-order valence-electron chi connectivity index (χ3n) is 2.31. The molecule has 1 aromatic rings. The van der Waals surface area contributed by atoms with Gasteiger partial charge in [0.15, 0.2) is 0 Å². The minimum absolute atomic E-state index is 0.329. The molecule has 1 rings (SSSR count). The highest BCUT2D eigenvalue weighted by Gasteiger charge is 2.23. The van der Waals surface area contributed by atoms with E-state index in [1.807, 2.05) is 38.1 Å². The zero-order valence-electron chi connectivity index (χ0n) is 11.1. The molecule has 0 bridgehead atoms. The topological polar surface area (TPSA) is 38.7 Å². The number of aryl methyl sites for hydroxylation is 1. The van der Waals surface area contributed by atoms with Crippen molar-refractivity contribution in [2.45, 2.75) is 34.6 Å². The quantitative estimate of drug-likeness (QED) is 0.446. The van der Waals surface area contributed by atoms with Crippen molar-refractivity contribution in [1.29, 1.82) is 0 Å². The molecule has 0 aliphatic carbocycles. The largest absolute Gasteiger partial charge is 0.340 e. The van der Waals surface area contributed by atoms with Crippen molar-refractivity contribution in [3.8, 4) is 0 Å². The van der Waals surface area contributed by atoms with Crippen molar-refractivity contribution in [2.75, 3.05) is 0 Å². The van der Waals surface area contributed by atoms with E-state index in [9.17, 15) is 4.79 Å². The molecular weight excluding hydrogens is 214 g/mol. The summed E-state index contributed by atoms with van der Waals surface area (Å²) in [6, 6.07) is 7.91. The number of benzene rings is 1.